The van der Waals surface area contributed by atoms with E-state index >= 15 is 0 Å². The van der Waals surface area contributed by atoms with E-state index in [-0.39, 0.29) is 12.4 Å². The van der Waals surface area contributed by atoms with Gasteiger partial charge in [0.2, 0.25) is 0 Å². The van der Waals surface area contributed by atoms with E-state index in [4.69, 9.17) is 4.74 Å². The fourth-order valence-corrected chi connectivity index (χ4v) is 2.53. The quantitative estimate of drug-likeness (QED) is 0.913. The molecular weight excluding hydrogens is 327 g/mol. The Morgan fingerprint density at radius 1 is 1.42 bits per heavy atom. The molecule has 1 aliphatic carbocycles. The van der Waals surface area contributed by atoms with Gasteiger partial charge in [0.15, 0.2) is 5.84 Å². The van der Waals surface area contributed by atoms with Crippen molar-refractivity contribution in [3.8, 4) is 0 Å². The number of carbonyl (C=O) groups is 1. The van der Waals surface area contributed by atoms with Gasteiger partial charge in [0.1, 0.15) is 12.1 Å². The number of oxime groups is 1. The van der Waals surface area contributed by atoms with Crippen molar-refractivity contribution in [3.05, 3.63) is 35.9 Å². The zero-order valence-corrected chi connectivity index (χ0v) is 12.8. The summed E-state index contributed by atoms with van der Waals surface area (Å²) in [5, 5.41) is 6.12. The van der Waals surface area contributed by atoms with Gasteiger partial charge in [0.25, 0.3) is 6.23 Å². The molecule has 9 heteroatoms. The number of nitrogens with zero attached hydrogens (tertiary/aromatic N) is 2. The molecule has 0 radical (unpaired) electrons. The summed E-state index contributed by atoms with van der Waals surface area (Å²) >= 11 is 0. The number of amides is 1. The average molecular weight is 343 g/mol. The number of alkyl carbamates (subject to hydrolysis) is 1. The van der Waals surface area contributed by atoms with Gasteiger partial charge >= 0.3 is 12.3 Å². The molecule has 1 unspecified atom stereocenters. The third-order valence-electron chi connectivity index (χ3n) is 3.94. The topological polar surface area (TPSA) is 63.2 Å². The number of hydrogen-bond donors (Lipinski definition) is 1. The summed E-state index contributed by atoms with van der Waals surface area (Å²) in [4.78, 5) is 17.3. The summed E-state index contributed by atoms with van der Waals surface area (Å²) in [5.41, 5.74) is -0.143. The summed E-state index contributed by atoms with van der Waals surface area (Å²) in [6.45, 7) is 0.0761. The van der Waals surface area contributed by atoms with E-state index < -0.39 is 24.0 Å². The number of carbonyl (C=O) groups excluding carboxylic acids is 1. The van der Waals surface area contributed by atoms with Gasteiger partial charge < -0.3 is 19.8 Å². The van der Waals surface area contributed by atoms with Crippen LogP contribution < -0.4 is 5.32 Å². The standard InChI is InChI=1S/C15H16F3N3O3/c1-21-11(20-24-12(21)15(16,17)18)14(7-8-14)19-13(22)23-9-10-5-3-2-4-6-10/h2-6,12H,7-9H2,1H3,(H,19,22). The first-order valence-corrected chi connectivity index (χ1v) is 7.34. The first kappa shape index (κ1) is 16.4. The molecule has 1 N–H and O–H groups in total. The SMILES string of the molecule is CN1C(C2(NC(=O)OCc3ccccc3)CC2)=NOC1C(F)(F)F. The maximum atomic E-state index is 12.8. The minimum absolute atomic E-state index is 0.0569. The third kappa shape index (κ3) is 3.24. The van der Waals surface area contributed by atoms with Crippen LogP contribution in [0.3, 0.4) is 0 Å². The van der Waals surface area contributed by atoms with Crippen molar-refractivity contribution in [2.75, 3.05) is 7.05 Å². The number of halogens is 3. The summed E-state index contributed by atoms with van der Waals surface area (Å²) in [6, 6.07) is 9.08. The maximum Gasteiger partial charge on any atom is 0.448 e. The number of ether oxygens (including phenoxy) is 1. The summed E-state index contributed by atoms with van der Waals surface area (Å²) < 4.78 is 43.5. The lowest BCUT2D eigenvalue weighted by Crippen LogP contribution is -2.52. The Kier molecular flexibility index (Phi) is 4.02. The normalized spacial score (nSPS) is 21.8. The number of benzene rings is 1. The molecule has 1 atom stereocenters. The first-order valence-electron chi connectivity index (χ1n) is 7.34. The van der Waals surface area contributed by atoms with Gasteiger partial charge in [-0.2, -0.15) is 13.2 Å². The second-order valence-electron chi connectivity index (χ2n) is 5.79. The molecule has 130 valence electrons. The average Bonchev–Trinajstić information content (AvgIpc) is 3.17. The fraction of sp³-hybridized carbons (Fsp3) is 0.467. The van der Waals surface area contributed by atoms with Crippen LogP contribution in [0.2, 0.25) is 0 Å². The van der Waals surface area contributed by atoms with E-state index in [1.54, 1.807) is 12.1 Å². The summed E-state index contributed by atoms with van der Waals surface area (Å²) in [6.07, 6.45) is -6.45. The highest BCUT2D eigenvalue weighted by Gasteiger charge is 2.59. The smallest absolute Gasteiger partial charge is 0.445 e. The van der Waals surface area contributed by atoms with Crippen LogP contribution in [-0.2, 0) is 16.2 Å². The maximum absolute atomic E-state index is 12.8. The molecule has 24 heavy (non-hydrogen) atoms. The van der Waals surface area contributed by atoms with Crippen LogP contribution in [0.1, 0.15) is 18.4 Å². The Morgan fingerprint density at radius 2 is 2.08 bits per heavy atom. The Balaban J connectivity index is 1.58. The second-order valence-corrected chi connectivity index (χ2v) is 5.79. The molecule has 0 bridgehead atoms. The van der Waals surface area contributed by atoms with Gasteiger partial charge in [-0.15, -0.1) is 0 Å². The number of nitrogens with one attached hydrogen (secondary N) is 1. The molecule has 1 amide bonds. The molecule has 1 aromatic carbocycles. The zero-order valence-electron chi connectivity index (χ0n) is 12.8. The Morgan fingerprint density at radius 3 is 2.62 bits per heavy atom. The van der Waals surface area contributed by atoms with Crippen molar-refractivity contribution in [3.63, 3.8) is 0 Å². The number of amidine groups is 1. The summed E-state index contributed by atoms with van der Waals surface area (Å²) in [5.74, 6) is 0.0569. The lowest BCUT2D eigenvalue weighted by molar-refractivity contribution is -0.241. The van der Waals surface area contributed by atoms with Crippen LogP contribution in [0.4, 0.5) is 18.0 Å². The molecule has 6 nitrogen and oxygen atoms in total. The molecule has 0 spiro atoms. The summed E-state index contributed by atoms with van der Waals surface area (Å²) in [7, 11) is 1.24. The van der Waals surface area contributed by atoms with Crippen LogP contribution in [0.15, 0.2) is 35.5 Å². The van der Waals surface area contributed by atoms with Gasteiger partial charge in [0, 0.05) is 7.05 Å². The Labute approximate surface area is 136 Å². The minimum atomic E-state index is -4.57. The minimum Gasteiger partial charge on any atom is -0.445 e. The van der Waals surface area contributed by atoms with Crippen molar-refractivity contribution in [1.82, 2.24) is 10.2 Å². The van der Waals surface area contributed by atoms with Crippen LogP contribution in [0, 0.1) is 0 Å². The molecular formula is C15H16F3N3O3. The van der Waals surface area contributed by atoms with E-state index in [1.165, 1.54) is 7.05 Å². The number of hydrogen-bond acceptors (Lipinski definition) is 5. The molecule has 0 saturated heterocycles. The molecule has 2 aliphatic rings. The third-order valence-corrected chi connectivity index (χ3v) is 3.94. The zero-order chi connectivity index (χ0) is 17.4. The van der Waals surface area contributed by atoms with Gasteiger partial charge in [-0.1, -0.05) is 35.5 Å². The molecule has 1 aliphatic heterocycles. The van der Waals surface area contributed by atoms with Crippen LogP contribution in [0.25, 0.3) is 0 Å². The van der Waals surface area contributed by atoms with Crippen molar-refractivity contribution >= 4 is 11.9 Å². The van der Waals surface area contributed by atoms with Gasteiger partial charge in [-0.3, -0.25) is 0 Å². The molecule has 1 heterocycles. The largest absolute Gasteiger partial charge is 0.448 e. The molecule has 1 aromatic rings. The molecule has 1 saturated carbocycles. The predicted molar refractivity (Wildman–Crippen MR) is 77.9 cm³/mol. The van der Waals surface area contributed by atoms with Crippen molar-refractivity contribution < 1.29 is 27.5 Å². The van der Waals surface area contributed by atoms with E-state index in [1.807, 2.05) is 18.2 Å². The van der Waals surface area contributed by atoms with Gasteiger partial charge in [-0.25, -0.2) is 4.79 Å². The Hall–Kier alpha value is -2.45. The second kappa shape index (κ2) is 5.88. The number of likely N-dealkylation sites (N-methyl/N-ethyl adjacent to an activating group) is 1. The van der Waals surface area contributed by atoms with Crippen LogP contribution in [-0.4, -0.2) is 41.8 Å². The fourth-order valence-electron chi connectivity index (χ4n) is 2.53. The monoisotopic (exact) mass is 343 g/mol. The molecule has 1 fully saturated rings. The van der Waals surface area contributed by atoms with Gasteiger partial charge in [0.05, 0.1) is 0 Å². The van der Waals surface area contributed by atoms with Crippen LogP contribution >= 0.6 is 0 Å². The number of rotatable bonds is 4. The van der Waals surface area contributed by atoms with E-state index in [2.05, 4.69) is 15.3 Å². The van der Waals surface area contributed by atoms with Crippen molar-refractivity contribution in [2.45, 2.75) is 37.4 Å². The van der Waals surface area contributed by atoms with E-state index in [9.17, 15) is 18.0 Å². The lowest BCUT2D eigenvalue weighted by atomic mass is 10.2. The van der Waals surface area contributed by atoms with Crippen LogP contribution in [0.5, 0.6) is 0 Å². The predicted octanol–water partition coefficient (Wildman–Crippen LogP) is 2.61. The molecule has 3 rings (SSSR count). The van der Waals surface area contributed by atoms with E-state index in [0.717, 1.165) is 10.5 Å². The van der Waals surface area contributed by atoms with E-state index in [0.29, 0.717) is 12.8 Å². The highest BCUT2D eigenvalue weighted by atomic mass is 19.4. The first-order chi connectivity index (χ1) is 11.3. The van der Waals surface area contributed by atoms with Gasteiger partial charge in [-0.05, 0) is 18.4 Å². The highest BCUT2D eigenvalue weighted by molar-refractivity contribution is 5.97. The lowest BCUT2D eigenvalue weighted by Gasteiger charge is -2.26. The number of alkyl halides is 3. The van der Waals surface area contributed by atoms with Crippen molar-refractivity contribution in [1.29, 1.82) is 0 Å². The van der Waals surface area contributed by atoms with Crippen molar-refractivity contribution in [2.24, 2.45) is 5.16 Å². The Bertz CT molecular complexity index is 644. The highest BCUT2D eigenvalue weighted by Crippen LogP contribution is 2.42. The molecule has 0 aromatic heterocycles.